The Morgan fingerprint density at radius 1 is 1.18 bits per heavy atom. The first-order valence-corrected chi connectivity index (χ1v) is 9.34. The summed E-state index contributed by atoms with van der Waals surface area (Å²) in [7, 11) is 0. The minimum absolute atomic E-state index is 0. The molecule has 1 saturated heterocycles. The summed E-state index contributed by atoms with van der Waals surface area (Å²) in [5.74, 6) is 1.43. The van der Waals surface area contributed by atoms with E-state index in [4.69, 9.17) is 0 Å². The van der Waals surface area contributed by atoms with Crippen molar-refractivity contribution in [2.45, 2.75) is 45.8 Å². The molecule has 1 fully saturated rings. The summed E-state index contributed by atoms with van der Waals surface area (Å²) in [5.41, 5.74) is 1.99. The molecule has 0 aliphatic carbocycles. The largest absolute Gasteiger partial charge is 0.333 e. The second-order valence-electron chi connectivity index (χ2n) is 7.37. The van der Waals surface area contributed by atoms with Gasteiger partial charge in [-0.1, -0.05) is 19.1 Å². The average Bonchev–Trinajstić information content (AvgIpc) is 3.37. The van der Waals surface area contributed by atoms with Gasteiger partial charge in [0.05, 0.1) is 30.8 Å². The number of piperidine rings is 1. The summed E-state index contributed by atoms with van der Waals surface area (Å²) in [4.78, 5) is 8.84. The molecule has 3 aromatic rings. The molecule has 10 heteroatoms. The Kier molecular flexibility index (Phi) is 8.03. The van der Waals surface area contributed by atoms with Crippen molar-refractivity contribution >= 4 is 24.8 Å². The van der Waals surface area contributed by atoms with Crippen LogP contribution in [-0.4, -0.2) is 47.2 Å². The zero-order chi connectivity index (χ0) is 17.9. The van der Waals surface area contributed by atoms with Gasteiger partial charge in [-0.3, -0.25) is 0 Å². The molecule has 0 amide bonds. The summed E-state index contributed by atoms with van der Waals surface area (Å²) in [6.07, 6.45) is 11.8. The molecular formula is C18H28Cl2N8. The van der Waals surface area contributed by atoms with Gasteiger partial charge < -0.3 is 14.5 Å². The Balaban J connectivity index is 0.00000140. The number of rotatable bonds is 6. The first kappa shape index (κ1) is 22.4. The smallest absolute Gasteiger partial charge is 0.162 e. The Morgan fingerprint density at radius 3 is 2.71 bits per heavy atom. The van der Waals surface area contributed by atoms with Gasteiger partial charge in [0.15, 0.2) is 5.82 Å². The van der Waals surface area contributed by atoms with Crippen LogP contribution in [0.15, 0.2) is 31.1 Å². The Labute approximate surface area is 177 Å². The number of nitrogens with one attached hydrogen (secondary N) is 1. The first-order chi connectivity index (χ1) is 12.7. The van der Waals surface area contributed by atoms with Crippen LogP contribution in [0.3, 0.4) is 0 Å². The molecule has 8 nitrogen and oxygen atoms in total. The lowest BCUT2D eigenvalue weighted by molar-refractivity contribution is 0.337. The van der Waals surface area contributed by atoms with E-state index in [1.165, 1.54) is 5.69 Å². The highest BCUT2D eigenvalue weighted by Gasteiger charge is 2.18. The van der Waals surface area contributed by atoms with Gasteiger partial charge in [-0.25, -0.2) is 14.6 Å². The summed E-state index contributed by atoms with van der Waals surface area (Å²) in [6.45, 7) is 8.19. The molecule has 1 aliphatic heterocycles. The van der Waals surface area contributed by atoms with E-state index in [1.54, 1.807) is 0 Å². The van der Waals surface area contributed by atoms with Crippen LogP contribution in [0.5, 0.6) is 0 Å². The van der Waals surface area contributed by atoms with Crippen molar-refractivity contribution in [2.75, 3.05) is 13.1 Å². The molecule has 28 heavy (non-hydrogen) atoms. The molecule has 1 aliphatic rings. The van der Waals surface area contributed by atoms with Gasteiger partial charge in [-0.15, -0.1) is 29.9 Å². The molecule has 154 valence electrons. The lowest BCUT2D eigenvalue weighted by Gasteiger charge is -2.22. The van der Waals surface area contributed by atoms with Crippen LogP contribution in [0.25, 0.3) is 11.5 Å². The number of imidazole rings is 2. The predicted octanol–water partition coefficient (Wildman–Crippen LogP) is 2.81. The van der Waals surface area contributed by atoms with Gasteiger partial charge in [0.2, 0.25) is 0 Å². The highest BCUT2D eigenvalue weighted by atomic mass is 35.5. The second kappa shape index (κ2) is 10.0. The predicted molar refractivity (Wildman–Crippen MR) is 113 cm³/mol. The van der Waals surface area contributed by atoms with Crippen LogP contribution in [0.4, 0.5) is 0 Å². The molecule has 4 rings (SSSR count). The molecule has 0 saturated carbocycles. The van der Waals surface area contributed by atoms with Crippen molar-refractivity contribution in [1.29, 1.82) is 0 Å². The Bertz CT molecular complexity index is 847. The minimum atomic E-state index is 0. The van der Waals surface area contributed by atoms with Gasteiger partial charge in [-0.05, 0) is 31.8 Å². The van der Waals surface area contributed by atoms with E-state index in [1.807, 2.05) is 35.8 Å². The van der Waals surface area contributed by atoms with Crippen LogP contribution in [0, 0.1) is 5.92 Å². The van der Waals surface area contributed by atoms with Gasteiger partial charge >= 0.3 is 0 Å². The fourth-order valence-electron chi connectivity index (χ4n) is 3.51. The quantitative estimate of drug-likeness (QED) is 0.655. The maximum atomic E-state index is 4.52. The summed E-state index contributed by atoms with van der Waals surface area (Å²) in [6, 6.07) is 0.424. The number of hydrogen-bond donors (Lipinski definition) is 1. The molecule has 0 spiro atoms. The average molecular weight is 427 g/mol. The number of nitrogens with zero attached hydrogens (tertiary/aromatic N) is 7. The van der Waals surface area contributed by atoms with E-state index in [0.717, 1.165) is 50.5 Å². The summed E-state index contributed by atoms with van der Waals surface area (Å²) < 4.78 is 6.32. The van der Waals surface area contributed by atoms with Crippen molar-refractivity contribution in [3.05, 3.63) is 36.8 Å². The van der Waals surface area contributed by atoms with Crippen LogP contribution in [0.1, 0.15) is 38.4 Å². The maximum Gasteiger partial charge on any atom is 0.162 e. The molecule has 0 aromatic carbocycles. The molecule has 1 N–H and O–H groups in total. The molecule has 3 aromatic heterocycles. The fourth-order valence-corrected chi connectivity index (χ4v) is 3.51. The van der Waals surface area contributed by atoms with E-state index in [2.05, 4.69) is 48.6 Å². The monoisotopic (exact) mass is 426 g/mol. The summed E-state index contributed by atoms with van der Waals surface area (Å²) in [5, 5.41) is 12.1. The molecule has 0 bridgehead atoms. The van der Waals surface area contributed by atoms with Crippen molar-refractivity contribution in [2.24, 2.45) is 5.92 Å². The molecule has 0 atom stereocenters. The van der Waals surface area contributed by atoms with E-state index >= 15 is 0 Å². The van der Waals surface area contributed by atoms with Gasteiger partial charge in [-0.2, -0.15) is 0 Å². The van der Waals surface area contributed by atoms with E-state index < -0.39 is 0 Å². The van der Waals surface area contributed by atoms with Gasteiger partial charge in [0.25, 0.3) is 0 Å². The van der Waals surface area contributed by atoms with Crippen molar-refractivity contribution < 1.29 is 0 Å². The Hall–Kier alpha value is -1.90. The van der Waals surface area contributed by atoms with E-state index in [0.29, 0.717) is 12.0 Å². The number of aromatic nitrogens is 7. The normalized spacial score (nSPS) is 14.7. The van der Waals surface area contributed by atoms with Gasteiger partial charge in [0.1, 0.15) is 5.69 Å². The molecule has 0 radical (unpaired) electrons. The van der Waals surface area contributed by atoms with Crippen LogP contribution < -0.4 is 5.32 Å². The van der Waals surface area contributed by atoms with Crippen LogP contribution in [-0.2, 0) is 13.1 Å². The highest BCUT2D eigenvalue weighted by Crippen LogP contribution is 2.21. The molecule has 0 unspecified atom stereocenters. The van der Waals surface area contributed by atoms with Crippen molar-refractivity contribution in [3.8, 4) is 11.5 Å². The third-order valence-corrected chi connectivity index (χ3v) is 4.83. The van der Waals surface area contributed by atoms with E-state index in [-0.39, 0.29) is 24.8 Å². The third-order valence-electron chi connectivity index (χ3n) is 4.83. The topological polar surface area (TPSA) is 78.4 Å². The van der Waals surface area contributed by atoms with Crippen molar-refractivity contribution in [1.82, 2.24) is 39.4 Å². The highest BCUT2D eigenvalue weighted by molar-refractivity contribution is 5.85. The Morgan fingerprint density at radius 2 is 1.96 bits per heavy atom. The van der Waals surface area contributed by atoms with E-state index in [9.17, 15) is 0 Å². The second-order valence-corrected chi connectivity index (χ2v) is 7.37. The maximum absolute atomic E-state index is 4.52. The lowest BCUT2D eigenvalue weighted by Crippen LogP contribution is -2.29. The SMILES string of the molecule is CC(C)Cn1cncc1Cn1ccnc1-c1cn(C2CCNCC2)nn1.Cl.Cl. The minimum Gasteiger partial charge on any atom is -0.333 e. The van der Waals surface area contributed by atoms with Crippen LogP contribution >= 0.6 is 24.8 Å². The molecule has 4 heterocycles. The zero-order valence-corrected chi connectivity index (χ0v) is 17.9. The fraction of sp³-hybridized carbons (Fsp3) is 0.556. The van der Waals surface area contributed by atoms with Crippen molar-refractivity contribution in [3.63, 3.8) is 0 Å². The number of hydrogen-bond acceptors (Lipinski definition) is 5. The van der Waals surface area contributed by atoms with Gasteiger partial charge in [0, 0.05) is 25.1 Å². The lowest BCUT2D eigenvalue weighted by atomic mass is 10.1. The standard InChI is InChI=1S/C18H26N8.2ClH/c1-14(2)10-25-13-20-9-16(25)11-24-8-7-21-18(24)17-12-26(23-22-17)15-3-5-19-6-4-15;;/h7-9,12-15,19H,3-6,10-11H2,1-2H3;2*1H. The first-order valence-electron chi connectivity index (χ1n) is 9.34. The summed E-state index contributed by atoms with van der Waals surface area (Å²) >= 11 is 0. The zero-order valence-electron chi connectivity index (χ0n) is 16.2. The number of halogens is 2. The third kappa shape index (κ3) is 4.92. The van der Waals surface area contributed by atoms with Crippen LogP contribution in [0.2, 0.25) is 0 Å². The molecular weight excluding hydrogens is 399 g/mol.